The molecule has 4 aromatic rings. The van der Waals surface area contributed by atoms with Gasteiger partial charge in [-0.1, -0.05) is 11.3 Å². The monoisotopic (exact) mass is 781 g/mol. The number of rotatable bonds is 5. The maximum Gasteiger partial charge on any atom is 0.417 e. The molecular weight excluding hydrogens is 742 g/mol. The van der Waals surface area contributed by atoms with E-state index < -0.39 is 45.8 Å². The lowest BCUT2D eigenvalue weighted by atomic mass is 9.53. The zero-order chi connectivity index (χ0) is 40.1. The van der Waals surface area contributed by atoms with Crippen LogP contribution in [0.4, 0.5) is 37.2 Å². The number of methoxy groups -OCH3 is 1. The third-order valence-corrected chi connectivity index (χ3v) is 11.9. The Morgan fingerprint density at radius 1 is 1.20 bits per heavy atom. The predicted octanol–water partition coefficient (Wildman–Crippen LogP) is 6.65. The van der Waals surface area contributed by atoms with E-state index in [2.05, 4.69) is 19.8 Å². The molecule has 2 aromatic heterocycles. The molecule has 1 saturated carbocycles. The lowest BCUT2D eigenvalue weighted by Gasteiger charge is -2.31. The van der Waals surface area contributed by atoms with Crippen molar-refractivity contribution in [1.82, 2.24) is 19.8 Å². The second kappa shape index (κ2) is 15.5. The molecule has 8 rings (SSSR count). The Kier molecular flexibility index (Phi) is 11.4. The predicted molar refractivity (Wildman–Crippen MR) is 202 cm³/mol. The van der Waals surface area contributed by atoms with Crippen molar-refractivity contribution < 1.29 is 35.9 Å². The van der Waals surface area contributed by atoms with Crippen molar-refractivity contribution in [3.8, 4) is 23.2 Å². The molecule has 4 atom stereocenters. The number of hydrogen-bond acceptors (Lipinski definition) is 10. The number of hydrogen-bond donors (Lipinski definition) is 1. The van der Waals surface area contributed by atoms with Crippen molar-refractivity contribution >= 4 is 65.1 Å². The van der Waals surface area contributed by atoms with E-state index >= 15 is 4.39 Å². The highest BCUT2D eigenvalue weighted by Crippen LogP contribution is 2.48. The topological polar surface area (TPSA) is 112 Å². The Hall–Kier alpha value is -4.07. The van der Waals surface area contributed by atoms with Gasteiger partial charge in [0.25, 0.3) is 0 Å². The summed E-state index contributed by atoms with van der Waals surface area (Å²) in [5.41, 5.74) is 2.76. The third-order valence-electron chi connectivity index (χ3n) is 10.8. The zero-order valence-corrected chi connectivity index (χ0v) is 31.6. The van der Waals surface area contributed by atoms with Gasteiger partial charge >= 0.3 is 12.2 Å². The van der Waals surface area contributed by atoms with Gasteiger partial charge in [-0.3, -0.25) is 4.90 Å². The fourth-order valence-corrected chi connectivity index (χ4v) is 8.69. The van der Waals surface area contributed by atoms with Crippen LogP contribution in [0.15, 0.2) is 18.2 Å². The number of aromatic nitrogens is 2. The first-order valence-electron chi connectivity index (χ1n) is 17.8. The number of nitriles is 1. The number of thiophene rings is 1. The number of fused-ring (bicyclic) bond motifs is 3. The van der Waals surface area contributed by atoms with E-state index in [0.717, 1.165) is 56.7 Å². The van der Waals surface area contributed by atoms with Crippen LogP contribution in [-0.4, -0.2) is 107 Å². The van der Waals surface area contributed by atoms with Crippen LogP contribution in [-0.2, 0) is 11.0 Å². The van der Waals surface area contributed by atoms with Gasteiger partial charge in [0.1, 0.15) is 40.7 Å². The summed E-state index contributed by atoms with van der Waals surface area (Å²) in [6.07, 6.45) is -0.276. The Balaban J connectivity index is 0.000000262. The van der Waals surface area contributed by atoms with E-state index in [1.165, 1.54) is 7.11 Å². The molecule has 3 saturated heterocycles. The number of carbonyl (C=O) groups is 1. The molecule has 4 radical (unpaired) electrons. The van der Waals surface area contributed by atoms with Crippen LogP contribution >= 0.6 is 11.3 Å². The van der Waals surface area contributed by atoms with E-state index in [-0.39, 0.29) is 55.5 Å². The second-order valence-electron chi connectivity index (χ2n) is 14.8. The Bertz CT molecular complexity index is 2130. The maximum absolute atomic E-state index is 16.4. The lowest BCUT2D eigenvalue weighted by Crippen LogP contribution is -2.41. The van der Waals surface area contributed by atoms with E-state index in [0.29, 0.717) is 42.8 Å². The molecule has 4 unspecified atom stereocenters. The van der Waals surface area contributed by atoms with E-state index in [1.54, 1.807) is 11.9 Å². The van der Waals surface area contributed by atoms with Crippen molar-refractivity contribution in [3.63, 3.8) is 0 Å². The summed E-state index contributed by atoms with van der Waals surface area (Å²) in [4.78, 5) is 23.9. The van der Waals surface area contributed by atoms with Crippen LogP contribution in [0.3, 0.4) is 0 Å². The molecule has 4 fully saturated rings. The number of nitrogen functional groups attached to an aromatic ring is 1. The fraction of sp³-hybridized carbons (Fsp3) is 0.514. The van der Waals surface area contributed by atoms with Crippen molar-refractivity contribution in [3.05, 3.63) is 41.0 Å². The number of anilines is 2. The van der Waals surface area contributed by atoms with E-state index in [4.69, 9.17) is 26.2 Å². The minimum atomic E-state index is -5.02. The van der Waals surface area contributed by atoms with Crippen LogP contribution in [0, 0.1) is 28.9 Å². The van der Waals surface area contributed by atoms with E-state index in [9.17, 15) is 32.0 Å². The molecule has 0 spiro atoms. The number of ether oxygens (including phenoxy) is 1. The number of aldehydes is 1. The van der Waals surface area contributed by atoms with Crippen LogP contribution in [0.25, 0.3) is 32.1 Å². The number of alkyl halides is 4. The molecule has 1 aliphatic carbocycles. The van der Waals surface area contributed by atoms with Gasteiger partial charge in [-0.25, -0.2) is 13.2 Å². The number of likely N-dealkylation sites (tertiary alicyclic amines) is 1. The zero-order valence-electron chi connectivity index (χ0n) is 30.8. The smallest absolute Gasteiger partial charge is 0.417 e. The van der Waals surface area contributed by atoms with Gasteiger partial charge in [-0.2, -0.15) is 28.4 Å². The van der Waals surface area contributed by atoms with Gasteiger partial charge in [-0.15, -0.1) is 11.3 Å². The number of halogens is 6. The Morgan fingerprint density at radius 3 is 2.45 bits per heavy atom. The fourth-order valence-electron chi connectivity index (χ4n) is 7.74. The summed E-state index contributed by atoms with van der Waals surface area (Å²) in [5.74, 6) is -1.55. The molecule has 2 aromatic carbocycles. The maximum atomic E-state index is 16.4. The van der Waals surface area contributed by atoms with E-state index in [1.807, 2.05) is 20.0 Å². The first-order valence-corrected chi connectivity index (χ1v) is 18.6. The largest absolute Gasteiger partial charge is 0.467 e. The number of nitrogens with zero attached hydrogens (tertiary/aromatic N) is 6. The normalized spacial score (nSPS) is 23.4. The number of carbonyl (C=O) groups excluding carboxylic acids is 1. The number of likely N-dealkylation sites (N-methyl/N-ethyl adjacent to an activating group) is 2. The molecule has 4 aliphatic rings. The third kappa shape index (κ3) is 8.11. The van der Waals surface area contributed by atoms with Crippen LogP contribution < -0.4 is 15.4 Å². The first kappa shape index (κ1) is 40.6. The molecule has 0 bridgehead atoms. The molecular formula is C37H39B2F6N7O2S. The first-order chi connectivity index (χ1) is 25.9. The number of nitrogens with two attached hydrogens (primary N) is 1. The molecule has 2 N–H and O–H groups in total. The summed E-state index contributed by atoms with van der Waals surface area (Å²) in [6.45, 7) is 3.95. The van der Waals surface area contributed by atoms with Gasteiger partial charge < -0.3 is 25.1 Å². The molecule has 3 aliphatic heterocycles. The van der Waals surface area contributed by atoms with Gasteiger partial charge in [-0.05, 0) is 70.3 Å². The van der Waals surface area contributed by atoms with Crippen LogP contribution in [0.5, 0.6) is 6.01 Å². The van der Waals surface area contributed by atoms with Gasteiger partial charge in [0.15, 0.2) is 5.82 Å². The average Bonchev–Trinajstić information content (AvgIpc) is 3.60. The molecule has 5 heterocycles. The molecule has 18 heteroatoms. The van der Waals surface area contributed by atoms with Crippen molar-refractivity contribution in [2.75, 3.05) is 51.5 Å². The van der Waals surface area contributed by atoms with Gasteiger partial charge in [0.05, 0.1) is 38.6 Å². The SMILES string of the molecule is COc1nc(N(C)C2CCN(C)C2C)c2cc(C(F)(F)F)c(-c3ccc(F)c4sc(N)c(C#N)c34)c(F)c2n1.O=CC1CC1.[B]C1([B])CC2CC(F)CN2C1. The standard InChI is InChI=1S/C26H23F5N6OS.C7H10B2FN.C4H6O/c1-11-17(7-8-36(11)2)37(3)24-13-9-15(26(29,30)31)19(20(28)21(13)34-25(35-24)38-4)12-5-6-16(27)22-18(12)14(10-32)23(33)39-22;8-7(9)2-6-1-5(10)3-11(6)4-7;5-3-4-1-2-4/h5-6,9,11,17H,7-8,33H2,1-4H3;5-6H,1-4H2;3-4H,1-2H2. The highest BCUT2D eigenvalue weighted by atomic mass is 32.1. The van der Waals surface area contributed by atoms with Crippen LogP contribution in [0.2, 0.25) is 5.21 Å². The van der Waals surface area contributed by atoms with Crippen molar-refractivity contribution in [1.29, 1.82) is 5.26 Å². The second-order valence-corrected chi connectivity index (χ2v) is 15.9. The lowest BCUT2D eigenvalue weighted by molar-refractivity contribution is -0.137. The number of benzene rings is 2. The molecule has 9 nitrogen and oxygen atoms in total. The summed E-state index contributed by atoms with van der Waals surface area (Å²) < 4.78 is 92.6. The summed E-state index contributed by atoms with van der Waals surface area (Å²) in [7, 11) is 16.4. The Labute approximate surface area is 321 Å². The highest BCUT2D eigenvalue weighted by Gasteiger charge is 2.43. The van der Waals surface area contributed by atoms with Crippen molar-refractivity contribution in [2.24, 2.45) is 5.92 Å². The minimum Gasteiger partial charge on any atom is -0.467 e. The summed E-state index contributed by atoms with van der Waals surface area (Å²) >= 11 is 0.709. The Morgan fingerprint density at radius 2 is 1.91 bits per heavy atom. The van der Waals surface area contributed by atoms with Crippen molar-refractivity contribution in [2.45, 2.75) is 74.7 Å². The molecule has 288 valence electrons. The van der Waals surface area contributed by atoms with Gasteiger partial charge in [0, 0.05) is 60.5 Å². The minimum absolute atomic E-state index is 0.0539. The summed E-state index contributed by atoms with van der Waals surface area (Å²) in [5, 5.41) is 8.64. The average molecular weight is 781 g/mol. The molecule has 0 amide bonds. The molecule has 55 heavy (non-hydrogen) atoms. The summed E-state index contributed by atoms with van der Waals surface area (Å²) in [6, 6.07) is 4.58. The van der Waals surface area contributed by atoms with Gasteiger partial charge in [0.2, 0.25) is 0 Å². The highest BCUT2D eigenvalue weighted by molar-refractivity contribution is 7.23. The van der Waals surface area contributed by atoms with Crippen LogP contribution in [0.1, 0.15) is 50.2 Å². The quantitative estimate of drug-likeness (QED) is 0.135.